The van der Waals surface area contributed by atoms with Gasteiger partial charge in [0.25, 0.3) is 5.91 Å². The molecule has 3 rings (SSSR count). The first-order valence-electron chi connectivity index (χ1n) is 7.86. The van der Waals surface area contributed by atoms with Gasteiger partial charge in [0.1, 0.15) is 6.04 Å². The number of urea groups is 1. The quantitative estimate of drug-likeness (QED) is 0.736. The first-order chi connectivity index (χ1) is 11.2. The number of carbonyl (C=O) groups excluding carboxylic acids is 2. The highest BCUT2D eigenvalue weighted by atomic mass is 32.2. The predicted molar refractivity (Wildman–Crippen MR) is 88.3 cm³/mol. The Morgan fingerprint density at radius 1 is 1.39 bits per heavy atom. The van der Waals surface area contributed by atoms with Crippen molar-refractivity contribution in [3.05, 3.63) is 23.9 Å². The lowest BCUT2D eigenvalue weighted by atomic mass is 10.2. The van der Waals surface area contributed by atoms with E-state index in [0.717, 1.165) is 17.9 Å². The fourth-order valence-electron chi connectivity index (χ4n) is 2.42. The number of aromatic nitrogens is 1. The lowest BCUT2D eigenvalue weighted by Crippen LogP contribution is -2.31. The van der Waals surface area contributed by atoms with Gasteiger partial charge in [-0.2, -0.15) is 11.8 Å². The molecule has 0 aromatic carbocycles. The van der Waals surface area contributed by atoms with Crippen molar-refractivity contribution in [2.24, 2.45) is 5.92 Å². The molecule has 23 heavy (non-hydrogen) atoms. The summed E-state index contributed by atoms with van der Waals surface area (Å²) in [6.07, 6.45) is 6.79. The molecule has 2 fully saturated rings. The van der Waals surface area contributed by atoms with E-state index >= 15 is 0 Å². The van der Waals surface area contributed by atoms with Crippen LogP contribution >= 0.6 is 11.8 Å². The van der Waals surface area contributed by atoms with E-state index < -0.39 is 6.04 Å². The highest BCUT2D eigenvalue weighted by molar-refractivity contribution is 7.98. The minimum absolute atomic E-state index is 0.155. The van der Waals surface area contributed by atoms with E-state index in [1.54, 1.807) is 24.0 Å². The Morgan fingerprint density at radius 3 is 2.87 bits per heavy atom. The molecule has 1 atom stereocenters. The van der Waals surface area contributed by atoms with E-state index in [9.17, 15) is 9.59 Å². The minimum atomic E-state index is -0.399. The number of thioether (sulfide) groups is 1. The molecule has 2 aliphatic rings. The van der Waals surface area contributed by atoms with Gasteiger partial charge in [-0.15, -0.1) is 0 Å². The molecule has 0 bridgehead atoms. The van der Waals surface area contributed by atoms with Gasteiger partial charge in [0, 0.05) is 12.3 Å². The Kier molecular flexibility index (Phi) is 5.05. The molecule has 1 aromatic heterocycles. The fraction of sp³-hybridized carbons (Fsp3) is 0.562. The zero-order valence-electron chi connectivity index (χ0n) is 13.2. The third-order valence-corrected chi connectivity index (χ3v) is 4.66. The minimum Gasteiger partial charge on any atom is -0.477 e. The second-order valence-corrected chi connectivity index (χ2v) is 6.95. The zero-order valence-corrected chi connectivity index (χ0v) is 14.0. The Morgan fingerprint density at radius 2 is 2.22 bits per heavy atom. The number of carbonyl (C=O) groups is 2. The van der Waals surface area contributed by atoms with Gasteiger partial charge in [0.15, 0.2) is 0 Å². The Bertz CT molecular complexity index is 574. The Labute approximate surface area is 140 Å². The van der Waals surface area contributed by atoms with Crippen LogP contribution in [0, 0.1) is 5.92 Å². The van der Waals surface area contributed by atoms with Crippen LogP contribution in [0.3, 0.4) is 0 Å². The SMILES string of the molecule is CSCCC1NC(=O)N(Cc2ccc(OCC3CC3)nc2)C1=O. The van der Waals surface area contributed by atoms with Gasteiger partial charge in [-0.3, -0.25) is 9.69 Å². The maximum Gasteiger partial charge on any atom is 0.325 e. The summed E-state index contributed by atoms with van der Waals surface area (Å²) in [4.78, 5) is 29.7. The maximum absolute atomic E-state index is 12.3. The van der Waals surface area contributed by atoms with Crippen molar-refractivity contribution in [3.8, 4) is 5.88 Å². The predicted octanol–water partition coefficient (Wildman–Crippen LogP) is 2.04. The van der Waals surface area contributed by atoms with Crippen LogP contribution in [0.4, 0.5) is 4.79 Å². The molecule has 1 aromatic rings. The smallest absolute Gasteiger partial charge is 0.325 e. The molecule has 1 aliphatic carbocycles. The molecule has 1 saturated heterocycles. The van der Waals surface area contributed by atoms with Crippen molar-refractivity contribution in [3.63, 3.8) is 0 Å². The van der Waals surface area contributed by atoms with Gasteiger partial charge < -0.3 is 10.1 Å². The summed E-state index contributed by atoms with van der Waals surface area (Å²) in [6, 6.07) is 2.92. The van der Waals surface area contributed by atoms with Gasteiger partial charge in [-0.25, -0.2) is 9.78 Å². The normalized spacial score (nSPS) is 20.7. The number of nitrogens with one attached hydrogen (secondary N) is 1. The lowest BCUT2D eigenvalue weighted by molar-refractivity contribution is -0.127. The number of pyridine rings is 1. The molecule has 124 valence electrons. The van der Waals surface area contributed by atoms with E-state index in [-0.39, 0.29) is 18.5 Å². The summed E-state index contributed by atoms with van der Waals surface area (Å²) >= 11 is 1.66. The lowest BCUT2D eigenvalue weighted by Gasteiger charge is -2.13. The number of imide groups is 1. The van der Waals surface area contributed by atoms with Crippen molar-refractivity contribution in [2.45, 2.75) is 31.8 Å². The average Bonchev–Trinajstić information content (AvgIpc) is 3.35. The van der Waals surface area contributed by atoms with Gasteiger partial charge >= 0.3 is 6.03 Å². The summed E-state index contributed by atoms with van der Waals surface area (Å²) in [5.41, 5.74) is 0.817. The molecule has 2 heterocycles. The molecular formula is C16H21N3O3S. The number of amides is 3. The Balaban J connectivity index is 1.55. The molecular weight excluding hydrogens is 314 g/mol. The van der Waals surface area contributed by atoms with E-state index in [4.69, 9.17) is 4.74 Å². The first-order valence-corrected chi connectivity index (χ1v) is 9.25. The summed E-state index contributed by atoms with van der Waals surface area (Å²) < 4.78 is 5.59. The van der Waals surface area contributed by atoms with Crippen molar-refractivity contribution in [1.82, 2.24) is 15.2 Å². The monoisotopic (exact) mass is 335 g/mol. The third kappa shape index (κ3) is 4.16. The van der Waals surface area contributed by atoms with Gasteiger partial charge in [0.2, 0.25) is 5.88 Å². The van der Waals surface area contributed by atoms with Crippen LogP contribution in [-0.4, -0.2) is 46.5 Å². The third-order valence-electron chi connectivity index (χ3n) is 4.02. The molecule has 0 radical (unpaired) electrons. The summed E-state index contributed by atoms with van der Waals surface area (Å²) in [7, 11) is 0. The van der Waals surface area contributed by atoms with E-state index in [1.165, 1.54) is 17.7 Å². The second kappa shape index (κ2) is 7.21. The van der Waals surface area contributed by atoms with Gasteiger partial charge in [0.05, 0.1) is 13.2 Å². The van der Waals surface area contributed by atoms with Crippen molar-refractivity contribution in [2.75, 3.05) is 18.6 Å². The molecule has 1 unspecified atom stereocenters. The topological polar surface area (TPSA) is 71.5 Å². The highest BCUT2D eigenvalue weighted by Crippen LogP contribution is 2.29. The summed E-state index contributed by atoms with van der Waals surface area (Å²) in [6.45, 7) is 0.965. The number of nitrogens with zero attached hydrogens (tertiary/aromatic N) is 2. The summed E-state index contributed by atoms with van der Waals surface area (Å²) in [5.74, 6) is 1.97. The number of hydrogen-bond donors (Lipinski definition) is 1. The molecule has 6 nitrogen and oxygen atoms in total. The van der Waals surface area contributed by atoms with Crippen LogP contribution in [0.2, 0.25) is 0 Å². The molecule has 0 spiro atoms. The van der Waals surface area contributed by atoms with Crippen LogP contribution in [0.5, 0.6) is 5.88 Å². The van der Waals surface area contributed by atoms with Crippen molar-refractivity contribution >= 4 is 23.7 Å². The standard InChI is InChI=1S/C16H21N3O3S/c1-23-7-6-13-15(20)19(16(21)18-13)9-12-4-5-14(17-8-12)22-10-11-2-3-11/h4-5,8,11,13H,2-3,6-7,9-10H2,1H3,(H,18,21). The van der Waals surface area contributed by atoms with E-state index in [1.807, 2.05) is 12.3 Å². The van der Waals surface area contributed by atoms with Crippen molar-refractivity contribution < 1.29 is 14.3 Å². The molecule has 1 saturated carbocycles. The van der Waals surface area contributed by atoms with Crippen LogP contribution in [0.15, 0.2) is 18.3 Å². The molecule has 7 heteroatoms. The number of hydrogen-bond acceptors (Lipinski definition) is 5. The number of rotatable bonds is 8. The van der Waals surface area contributed by atoms with Crippen LogP contribution in [0.25, 0.3) is 0 Å². The highest BCUT2D eigenvalue weighted by Gasteiger charge is 2.37. The van der Waals surface area contributed by atoms with Crippen LogP contribution < -0.4 is 10.1 Å². The molecule has 1 aliphatic heterocycles. The maximum atomic E-state index is 12.3. The van der Waals surface area contributed by atoms with E-state index in [0.29, 0.717) is 18.2 Å². The van der Waals surface area contributed by atoms with Crippen LogP contribution in [-0.2, 0) is 11.3 Å². The average molecular weight is 335 g/mol. The largest absolute Gasteiger partial charge is 0.477 e. The fourth-order valence-corrected chi connectivity index (χ4v) is 2.89. The molecule has 1 N–H and O–H groups in total. The summed E-state index contributed by atoms with van der Waals surface area (Å²) in [5, 5.41) is 2.74. The molecule has 3 amide bonds. The van der Waals surface area contributed by atoms with Gasteiger partial charge in [-0.05, 0) is 42.8 Å². The zero-order chi connectivity index (χ0) is 16.2. The van der Waals surface area contributed by atoms with Crippen molar-refractivity contribution in [1.29, 1.82) is 0 Å². The second-order valence-electron chi connectivity index (χ2n) is 5.97. The first kappa shape index (κ1) is 16.1. The van der Waals surface area contributed by atoms with Crippen LogP contribution in [0.1, 0.15) is 24.8 Å². The van der Waals surface area contributed by atoms with Gasteiger partial charge in [-0.1, -0.05) is 6.07 Å². The van der Waals surface area contributed by atoms with E-state index in [2.05, 4.69) is 10.3 Å². The Hall–Kier alpha value is -1.76. The number of ether oxygens (including phenoxy) is 1.